The van der Waals surface area contributed by atoms with Crippen LogP contribution in [0.25, 0.3) is 10.8 Å². The van der Waals surface area contributed by atoms with E-state index < -0.39 is 0 Å². The fourth-order valence-corrected chi connectivity index (χ4v) is 3.89. The maximum Gasteiger partial charge on any atom is 0.0688 e. The lowest BCUT2D eigenvalue weighted by molar-refractivity contribution is 1.02. The molecule has 0 atom stereocenters. The Morgan fingerprint density at radius 1 is 0.870 bits per heavy atom. The maximum absolute atomic E-state index is 4.82. The molecule has 0 radical (unpaired) electrons. The smallest absolute Gasteiger partial charge is 0.0688 e. The maximum atomic E-state index is 4.82. The van der Waals surface area contributed by atoms with Gasteiger partial charge in [0.25, 0.3) is 0 Å². The summed E-state index contributed by atoms with van der Waals surface area (Å²) in [6.45, 7) is 6.41. The van der Waals surface area contributed by atoms with E-state index in [-0.39, 0.29) is 0 Å². The Balaban J connectivity index is 1.83. The molecular formula is C22H21N. The monoisotopic (exact) mass is 299 g/mol. The molecule has 3 aromatic rings. The number of aliphatic imine (C=N–C) groups is 1. The topological polar surface area (TPSA) is 12.4 Å². The van der Waals surface area contributed by atoms with Gasteiger partial charge in [-0.2, -0.15) is 0 Å². The lowest BCUT2D eigenvalue weighted by Crippen LogP contribution is -1.89. The molecule has 0 aromatic heterocycles. The summed E-state index contributed by atoms with van der Waals surface area (Å²) in [5.74, 6) is 0. The van der Waals surface area contributed by atoms with E-state index in [1.807, 2.05) is 6.21 Å². The molecule has 1 nitrogen and oxygen atoms in total. The number of rotatable bonds is 2. The van der Waals surface area contributed by atoms with Crippen LogP contribution in [0.2, 0.25) is 0 Å². The summed E-state index contributed by atoms with van der Waals surface area (Å²) in [6, 6.07) is 15.6. The molecule has 0 saturated carbocycles. The molecule has 0 heterocycles. The largest absolute Gasteiger partial charge is 0.256 e. The van der Waals surface area contributed by atoms with E-state index in [0.29, 0.717) is 0 Å². The molecule has 3 aromatic carbocycles. The van der Waals surface area contributed by atoms with Crippen molar-refractivity contribution in [1.29, 1.82) is 0 Å². The number of hydrogen-bond donors (Lipinski definition) is 0. The van der Waals surface area contributed by atoms with Crippen molar-refractivity contribution in [3.05, 3.63) is 75.8 Å². The predicted octanol–water partition coefficient (Wildman–Crippen LogP) is 5.61. The Kier molecular flexibility index (Phi) is 3.30. The number of aryl methyl sites for hydroxylation is 5. The highest BCUT2D eigenvalue weighted by Crippen LogP contribution is 2.32. The molecule has 1 aliphatic rings. The van der Waals surface area contributed by atoms with Crippen molar-refractivity contribution >= 4 is 22.7 Å². The van der Waals surface area contributed by atoms with Gasteiger partial charge in [-0.25, -0.2) is 0 Å². The summed E-state index contributed by atoms with van der Waals surface area (Å²) in [4.78, 5) is 4.82. The van der Waals surface area contributed by atoms with Gasteiger partial charge in [-0.1, -0.05) is 48.0 Å². The fraction of sp³-hybridized carbons (Fsp3) is 0.227. The van der Waals surface area contributed by atoms with E-state index in [1.54, 1.807) is 0 Å². The van der Waals surface area contributed by atoms with Crippen molar-refractivity contribution < 1.29 is 0 Å². The first-order chi connectivity index (χ1) is 11.1. The Hall–Kier alpha value is -2.41. The van der Waals surface area contributed by atoms with Gasteiger partial charge in [-0.15, -0.1) is 0 Å². The van der Waals surface area contributed by atoms with Gasteiger partial charge in [0.05, 0.1) is 5.69 Å². The van der Waals surface area contributed by atoms with Crippen LogP contribution in [0.15, 0.2) is 47.5 Å². The second kappa shape index (κ2) is 5.34. The molecule has 4 rings (SSSR count). The van der Waals surface area contributed by atoms with Crippen LogP contribution in [0, 0.1) is 20.8 Å². The van der Waals surface area contributed by atoms with Crippen molar-refractivity contribution in [1.82, 2.24) is 0 Å². The molecule has 114 valence electrons. The first-order valence-corrected chi connectivity index (χ1v) is 8.29. The van der Waals surface area contributed by atoms with Crippen LogP contribution in [-0.2, 0) is 12.8 Å². The van der Waals surface area contributed by atoms with Crippen molar-refractivity contribution in [2.24, 2.45) is 4.99 Å². The minimum absolute atomic E-state index is 1.10. The molecule has 0 aliphatic heterocycles. The summed E-state index contributed by atoms with van der Waals surface area (Å²) in [7, 11) is 0. The number of hydrogen-bond acceptors (Lipinski definition) is 1. The van der Waals surface area contributed by atoms with Crippen LogP contribution >= 0.6 is 0 Å². The minimum Gasteiger partial charge on any atom is -0.256 e. The molecule has 0 N–H and O–H groups in total. The summed E-state index contributed by atoms with van der Waals surface area (Å²) in [5.41, 5.74) is 9.05. The van der Waals surface area contributed by atoms with Gasteiger partial charge < -0.3 is 0 Å². The van der Waals surface area contributed by atoms with E-state index in [1.165, 1.54) is 57.0 Å². The zero-order chi connectivity index (χ0) is 16.0. The van der Waals surface area contributed by atoms with E-state index >= 15 is 0 Å². The summed E-state index contributed by atoms with van der Waals surface area (Å²) in [6.07, 6.45) is 4.37. The van der Waals surface area contributed by atoms with Gasteiger partial charge in [0.15, 0.2) is 0 Å². The molecule has 0 spiro atoms. The standard InChI is InChI=1S/C22H21N/c1-14-11-15(2)22(16(3)12-14)23-13-19-10-9-18-8-7-17-5-4-6-20(19)21(17)18/h4-6,9-13H,7-8H2,1-3H3. The quantitative estimate of drug-likeness (QED) is 0.545. The SMILES string of the molecule is Cc1cc(C)c(N=Cc2ccc3c4c(cccc24)CC3)c(C)c1. The molecule has 1 heteroatoms. The zero-order valence-electron chi connectivity index (χ0n) is 14.0. The molecule has 0 fully saturated rings. The summed E-state index contributed by atoms with van der Waals surface area (Å²) >= 11 is 0. The molecular weight excluding hydrogens is 278 g/mol. The molecule has 0 saturated heterocycles. The van der Waals surface area contributed by atoms with Gasteiger partial charge in [-0.05, 0) is 66.6 Å². The van der Waals surface area contributed by atoms with Crippen LogP contribution in [0.3, 0.4) is 0 Å². The Morgan fingerprint density at radius 3 is 2.30 bits per heavy atom. The highest BCUT2D eigenvalue weighted by molar-refractivity contribution is 6.03. The van der Waals surface area contributed by atoms with Crippen LogP contribution in [0.5, 0.6) is 0 Å². The third-order valence-corrected chi connectivity index (χ3v) is 4.88. The zero-order valence-corrected chi connectivity index (χ0v) is 14.0. The van der Waals surface area contributed by atoms with Crippen LogP contribution < -0.4 is 0 Å². The predicted molar refractivity (Wildman–Crippen MR) is 99.3 cm³/mol. The fourth-order valence-electron chi connectivity index (χ4n) is 3.89. The number of benzene rings is 3. The summed E-state index contributed by atoms with van der Waals surface area (Å²) in [5, 5.41) is 2.79. The Bertz CT molecular complexity index is 914. The van der Waals surface area contributed by atoms with E-state index in [9.17, 15) is 0 Å². The van der Waals surface area contributed by atoms with Gasteiger partial charge in [0.1, 0.15) is 0 Å². The minimum atomic E-state index is 1.10. The Morgan fingerprint density at radius 2 is 1.57 bits per heavy atom. The van der Waals surface area contributed by atoms with Gasteiger partial charge in [0.2, 0.25) is 0 Å². The van der Waals surface area contributed by atoms with Gasteiger partial charge in [-0.3, -0.25) is 4.99 Å². The third kappa shape index (κ3) is 2.37. The van der Waals surface area contributed by atoms with E-state index in [4.69, 9.17) is 4.99 Å². The molecule has 0 amide bonds. The third-order valence-electron chi connectivity index (χ3n) is 4.88. The van der Waals surface area contributed by atoms with Gasteiger partial charge in [0, 0.05) is 11.8 Å². The molecule has 0 unspecified atom stereocenters. The van der Waals surface area contributed by atoms with Crippen molar-refractivity contribution in [3.8, 4) is 0 Å². The van der Waals surface area contributed by atoms with Crippen LogP contribution in [0.4, 0.5) is 5.69 Å². The highest BCUT2D eigenvalue weighted by atomic mass is 14.7. The summed E-state index contributed by atoms with van der Waals surface area (Å²) < 4.78 is 0. The molecule has 23 heavy (non-hydrogen) atoms. The lowest BCUT2D eigenvalue weighted by atomic mass is 10.0. The van der Waals surface area contributed by atoms with Crippen molar-refractivity contribution in [2.45, 2.75) is 33.6 Å². The molecule has 1 aliphatic carbocycles. The number of nitrogens with zero attached hydrogens (tertiary/aromatic N) is 1. The lowest BCUT2D eigenvalue weighted by Gasteiger charge is -2.08. The first-order valence-electron chi connectivity index (χ1n) is 8.29. The Labute approximate surface area is 137 Å². The highest BCUT2D eigenvalue weighted by Gasteiger charge is 2.15. The van der Waals surface area contributed by atoms with Gasteiger partial charge >= 0.3 is 0 Å². The average Bonchev–Trinajstić information content (AvgIpc) is 2.93. The normalized spacial score (nSPS) is 13.3. The molecule has 0 bridgehead atoms. The van der Waals surface area contributed by atoms with E-state index in [2.05, 4.69) is 63.2 Å². The average molecular weight is 299 g/mol. The van der Waals surface area contributed by atoms with Crippen molar-refractivity contribution in [2.75, 3.05) is 0 Å². The van der Waals surface area contributed by atoms with Crippen LogP contribution in [0.1, 0.15) is 33.4 Å². The van der Waals surface area contributed by atoms with E-state index in [0.717, 1.165) is 5.69 Å². The second-order valence-electron chi connectivity index (χ2n) is 6.66. The van der Waals surface area contributed by atoms with Crippen LogP contribution in [-0.4, -0.2) is 6.21 Å². The first kappa shape index (κ1) is 14.2. The van der Waals surface area contributed by atoms with Crippen molar-refractivity contribution in [3.63, 3.8) is 0 Å². The second-order valence-corrected chi connectivity index (χ2v) is 6.66.